The molecule has 0 aromatic carbocycles. The lowest BCUT2D eigenvalue weighted by atomic mass is 10.1. The van der Waals surface area contributed by atoms with Gasteiger partial charge in [0.05, 0.1) is 40.3 Å². The third kappa shape index (κ3) is 47.1. The van der Waals surface area contributed by atoms with Gasteiger partial charge in [-0.3, -0.25) is 9.59 Å². The summed E-state index contributed by atoms with van der Waals surface area (Å²) in [6.45, 7) is 4.43. The minimum Gasteiger partial charge on any atom is -0.544 e. The molecule has 0 spiro atoms. The molecule has 382 valence electrons. The number of hydrogen-bond acceptors (Lipinski definition) is 7. The molecule has 0 fully saturated rings. The molecule has 8 nitrogen and oxygen atoms in total. The minimum atomic E-state index is -1.13. The Labute approximate surface area is 411 Å². The Balaban J connectivity index is 4.26. The van der Waals surface area contributed by atoms with Crippen molar-refractivity contribution in [3.63, 3.8) is 0 Å². The molecule has 0 radical (unpaired) electrons. The molecular formula is C59H99NO7. The molecule has 0 heterocycles. The van der Waals surface area contributed by atoms with Gasteiger partial charge in [0.25, 0.3) is 0 Å². The lowest BCUT2D eigenvalue weighted by Gasteiger charge is -2.34. The number of allylic oxidation sites excluding steroid dienone is 16. The highest BCUT2D eigenvalue weighted by molar-refractivity contribution is 5.70. The zero-order valence-corrected chi connectivity index (χ0v) is 43.5. The number of carboxylic acids is 1. The molecule has 0 rings (SSSR count). The molecule has 8 heteroatoms. The number of esters is 2. The smallest absolute Gasteiger partial charge is 0.306 e. The SMILES string of the molecule is CC/C=C/C/C=C/C/C=C/C/C=C/C/C=C/CCCCCCCCCC(=O)OC(COCCC(C(=O)[O-])[N+](C)(C)C)COC(=O)CCCCCCCCCCCC/C=C/C/C=C/C/C=C/CC. The van der Waals surface area contributed by atoms with Crippen molar-refractivity contribution in [1.82, 2.24) is 0 Å². The van der Waals surface area contributed by atoms with Gasteiger partial charge in [0, 0.05) is 19.3 Å². The van der Waals surface area contributed by atoms with Crippen molar-refractivity contribution in [3.05, 3.63) is 97.2 Å². The first kappa shape index (κ1) is 63.2. The van der Waals surface area contributed by atoms with Crippen molar-refractivity contribution in [2.24, 2.45) is 0 Å². The summed E-state index contributed by atoms with van der Waals surface area (Å²) in [7, 11) is 5.41. The lowest BCUT2D eigenvalue weighted by molar-refractivity contribution is -0.889. The number of quaternary nitrogens is 1. The molecule has 0 aromatic rings. The summed E-state index contributed by atoms with van der Waals surface area (Å²) in [5.41, 5.74) is 0. The first-order valence-electron chi connectivity index (χ1n) is 26.8. The summed E-state index contributed by atoms with van der Waals surface area (Å²) in [4.78, 5) is 37.1. The van der Waals surface area contributed by atoms with Crippen molar-refractivity contribution >= 4 is 17.9 Å². The van der Waals surface area contributed by atoms with Crippen molar-refractivity contribution in [1.29, 1.82) is 0 Å². The fourth-order valence-corrected chi connectivity index (χ4v) is 7.41. The van der Waals surface area contributed by atoms with Gasteiger partial charge >= 0.3 is 11.9 Å². The molecule has 0 saturated heterocycles. The first-order valence-corrected chi connectivity index (χ1v) is 26.8. The monoisotopic (exact) mass is 934 g/mol. The fraction of sp³-hybridized carbons (Fsp3) is 0.678. The van der Waals surface area contributed by atoms with Crippen LogP contribution in [0, 0.1) is 0 Å². The Bertz CT molecular complexity index is 1410. The van der Waals surface area contributed by atoms with E-state index >= 15 is 0 Å². The summed E-state index contributed by atoms with van der Waals surface area (Å²) in [5.74, 6) is -1.76. The number of aliphatic carboxylic acids is 1. The molecule has 2 atom stereocenters. The van der Waals surface area contributed by atoms with Crippen molar-refractivity contribution < 1.29 is 38.2 Å². The molecule has 0 bridgehead atoms. The van der Waals surface area contributed by atoms with Gasteiger partial charge in [0.2, 0.25) is 0 Å². The summed E-state index contributed by atoms with van der Waals surface area (Å²) < 4.78 is 17.3. The zero-order chi connectivity index (χ0) is 49.2. The Morgan fingerprint density at radius 1 is 0.448 bits per heavy atom. The number of hydrogen-bond donors (Lipinski definition) is 0. The Hall–Kier alpha value is -3.75. The highest BCUT2D eigenvalue weighted by Crippen LogP contribution is 2.15. The highest BCUT2D eigenvalue weighted by atomic mass is 16.6. The quantitative estimate of drug-likeness (QED) is 0.0259. The van der Waals surface area contributed by atoms with Crippen molar-refractivity contribution in [2.45, 2.75) is 219 Å². The Morgan fingerprint density at radius 2 is 0.791 bits per heavy atom. The molecule has 0 aromatic heterocycles. The summed E-state index contributed by atoms with van der Waals surface area (Å²) in [5, 5.41) is 11.7. The van der Waals surface area contributed by atoms with E-state index in [-0.39, 0.29) is 42.7 Å². The van der Waals surface area contributed by atoms with E-state index in [9.17, 15) is 19.5 Å². The topological polar surface area (TPSA) is 102 Å². The van der Waals surface area contributed by atoms with Crippen molar-refractivity contribution in [2.75, 3.05) is 41.0 Å². The van der Waals surface area contributed by atoms with Gasteiger partial charge in [-0.05, 0) is 89.9 Å². The third-order valence-corrected chi connectivity index (χ3v) is 11.5. The van der Waals surface area contributed by atoms with Crippen LogP contribution in [-0.2, 0) is 28.6 Å². The molecular weight excluding hydrogens is 835 g/mol. The van der Waals surface area contributed by atoms with Crippen LogP contribution in [-0.4, -0.2) is 75.5 Å². The van der Waals surface area contributed by atoms with Gasteiger partial charge < -0.3 is 28.6 Å². The predicted octanol–water partition coefficient (Wildman–Crippen LogP) is 14.5. The summed E-state index contributed by atoms with van der Waals surface area (Å²) in [6.07, 6.45) is 65.8. The van der Waals surface area contributed by atoms with E-state index in [4.69, 9.17) is 14.2 Å². The minimum absolute atomic E-state index is 0.0298. The molecule has 0 amide bonds. The molecule has 0 N–H and O–H groups in total. The fourth-order valence-electron chi connectivity index (χ4n) is 7.41. The van der Waals surface area contributed by atoms with E-state index in [0.29, 0.717) is 12.8 Å². The van der Waals surface area contributed by atoms with E-state index in [1.165, 1.54) is 70.6 Å². The van der Waals surface area contributed by atoms with Crippen LogP contribution >= 0.6 is 0 Å². The standard InChI is InChI=1S/C59H99NO7/c1-6-8-10-12-14-16-18-20-22-24-26-28-29-30-32-34-36-38-40-42-44-46-48-50-58(62)67-55(53-65-52-51-56(59(63)64)60(3,4)5)54-66-57(61)49-47-45-43-41-39-37-35-33-31-27-25-23-21-19-17-15-13-11-9-7-2/h8-11,14-17,20-23,26,28,30,32,55-56H,6-7,12-13,18-19,24-25,27,29,31,33-54H2,1-5H3/b10-8+,11-9+,16-14+,17-15+,22-20+,23-21+,28-26+,32-30+. The van der Waals surface area contributed by atoms with Crippen LogP contribution in [0.25, 0.3) is 0 Å². The average Bonchev–Trinajstić information content (AvgIpc) is 3.29. The highest BCUT2D eigenvalue weighted by Gasteiger charge is 2.25. The van der Waals surface area contributed by atoms with Crippen LogP contribution in [0.4, 0.5) is 0 Å². The van der Waals surface area contributed by atoms with Crippen molar-refractivity contribution in [3.8, 4) is 0 Å². The Kier molecular flexibility index (Phi) is 46.0. The van der Waals surface area contributed by atoms with Gasteiger partial charge in [0.15, 0.2) is 6.10 Å². The second-order valence-corrected chi connectivity index (χ2v) is 18.7. The van der Waals surface area contributed by atoms with E-state index in [1.54, 1.807) is 21.1 Å². The van der Waals surface area contributed by atoms with E-state index in [0.717, 1.165) is 103 Å². The second-order valence-electron chi connectivity index (χ2n) is 18.7. The van der Waals surface area contributed by atoms with Crippen LogP contribution in [0.2, 0.25) is 0 Å². The molecule has 2 unspecified atom stereocenters. The number of carbonyl (C=O) groups excluding carboxylic acids is 3. The van der Waals surface area contributed by atoms with E-state index in [1.807, 2.05) is 0 Å². The van der Waals surface area contributed by atoms with Gasteiger partial charge in [-0.2, -0.15) is 0 Å². The number of carbonyl (C=O) groups is 3. The number of nitrogens with zero attached hydrogens (tertiary/aromatic N) is 1. The molecule has 0 saturated carbocycles. The number of likely N-dealkylation sites (N-methyl/N-ethyl adjacent to an activating group) is 1. The maximum Gasteiger partial charge on any atom is 0.306 e. The van der Waals surface area contributed by atoms with Gasteiger partial charge in [-0.1, -0.05) is 195 Å². The largest absolute Gasteiger partial charge is 0.544 e. The molecule has 0 aliphatic rings. The summed E-state index contributed by atoms with van der Waals surface area (Å²) >= 11 is 0. The second kappa shape index (κ2) is 48.7. The normalized spacial score (nSPS) is 13.6. The Morgan fingerprint density at radius 3 is 1.16 bits per heavy atom. The van der Waals surface area contributed by atoms with E-state index in [2.05, 4.69) is 111 Å². The molecule has 67 heavy (non-hydrogen) atoms. The van der Waals surface area contributed by atoms with Crippen LogP contribution < -0.4 is 5.11 Å². The van der Waals surface area contributed by atoms with Crippen LogP contribution in [0.5, 0.6) is 0 Å². The first-order chi connectivity index (χ1) is 32.6. The van der Waals surface area contributed by atoms with Gasteiger partial charge in [0.1, 0.15) is 12.6 Å². The number of unbranched alkanes of at least 4 members (excludes halogenated alkanes) is 17. The van der Waals surface area contributed by atoms with Gasteiger partial charge in [-0.15, -0.1) is 0 Å². The number of rotatable bonds is 47. The average molecular weight is 934 g/mol. The van der Waals surface area contributed by atoms with Crippen LogP contribution in [0.1, 0.15) is 206 Å². The number of ether oxygens (including phenoxy) is 3. The lowest BCUT2D eigenvalue weighted by Crippen LogP contribution is -2.55. The molecule has 0 aliphatic heterocycles. The summed E-state index contributed by atoms with van der Waals surface area (Å²) in [6, 6.07) is -0.735. The maximum atomic E-state index is 12.8. The van der Waals surface area contributed by atoms with Gasteiger partial charge in [-0.25, -0.2) is 0 Å². The van der Waals surface area contributed by atoms with Crippen LogP contribution in [0.15, 0.2) is 97.2 Å². The van der Waals surface area contributed by atoms with E-state index < -0.39 is 18.1 Å². The predicted molar refractivity (Wildman–Crippen MR) is 281 cm³/mol. The maximum absolute atomic E-state index is 12.8. The zero-order valence-electron chi connectivity index (χ0n) is 43.5. The molecule has 0 aliphatic carbocycles. The number of carboxylic acid groups (broad SMARTS) is 1. The van der Waals surface area contributed by atoms with Crippen LogP contribution in [0.3, 0.4) is 0 Å². The third-order valence-electron chi connectivity index (χ3n) is 11.5.